The second kappa shape index (κ2) is 10.2. The van der Waals surface area contributed by atoms with E-state index < -0.39 is 0 Å². The van der Waals surface area contributed by atoms with Gasteiger partial charge in [0.1, 0.15) is 0 Å². The molecule has 0 atom stereocenters. The summed E-state index contributed by atoms with van der Waals surface area (Å²) in [4.78, 5) is 34.8. The average Bonchev–Trinajstić information content (AvgIpc) is 2.84. The van der Waals surface area contributed by atoms with Crippen LogP contribution in [-0.2, 0) is 11.2 Å². The number of amides is 2. The summed E-state index contributed by atoms with van der Waals surface area (Å²) in [6, 6.07) is 17.5. The van der Waals surface area contributed by atoms with Crippen LogP contribution >= 0.6 is 0 Å². The van der Waals surface area contributed by atoms with Crippen LogP contribution in [0.2, 0.25) is 0 Å². The molecule has 1 aliphatic heterocycles. The van der Waals surface area contributed by atoms with Crippen molar-refractivity contribution in [3.8, 4) is 11.4 Å². The Labute approximate surface area is 187 Å². The molecule has 7 heteroatoms. The van der Waals surface area contributed by atoms with Gasteiger partial charge < -0.3 is 16.0 Å². The van der Waals surface area contributed by atoms with E-state index in [1.54, 1.807) is 12.4 Å². The molecule has 0 bridgehead atoms. The molecule has 1 saturated heterocycles. The maximum atomic E-state index is 12.5. The maximum Gasteiger partial charge on any atom is 0.258 e. The van der Waals surface area contributed by atoms with Gasteiger partial charge in [-0.15, -0.1) is 0 Å². The molecule has 4 rings (SSSR count). The zero-order chi connectivity index (χ0) is 22.3. The number of primary amides is 1. The van der Waals surface area contributed by atoms with Crippen molar-refractivity contribution in [2.24, 2.45) is 11.7 Å². The topological polar surface area (TPSA) is 101 Å². The van der Waals surface area contributed by atoms with Crippen molar-refractivity contribution in [1.82, 2.24) is 14.9 Å². The van der Waals surface area contributed by atoms with Crippen LogP contribution in [0.25, 0.3) is 11.4 Å². The van der Waals surface area contributed by atoms with Crippen molar-refractivity contribution in [2.45, 2.75) is 19.3 Å². The summed E-state index contributed by atoms with van der Waals surface area (Å²) in [7, 11) is 0. The number of benzene rings is 2. The van der Waals surface area contributed by atoms with Crippen molar-refractivity contribution in [3.63, 3.8) is 0 Å². The molecule has 164 valence electrons. The Morgan fingerprint density at radius 3 is 2.25 bits per heavy atom. The summed E-state index contributed by atoms with van der Waals surface area (Å²) in [5.41, 5.74) is 8.65. The molecule has 3 N–H and O–H groups in total. The number of rotatable bonds is 7. The molecule has 1 aliphatic rings. The lowest BCUT2D eigenvalue weighted by Gasteiger charge is -2.30. The number of nitrogens with zero attached hydrogens (tertiary/aromatic N) is 3. The number of carbonyl (C=O) groups is 2. The molecule has 2 aromatic carbocycles. The largest absolute Gasteiger partial charge is 0.369 e. The summed E-state index contributed by atoms with van der Waals surface area (Å²) >= 11 is 0. The van der Waals surface area contributed by atoms with E-state index in [-0.39, 0.29) is 17.7 Å². The Balaban J connectivity index is 1.27. The highest BCUT2D eigenvalue weighted by Gasteiger charge is 2.22. The molecule has 7 nitrogen and oxygen atoms in total. The van der Waals surface area contributed by atoms with Crippen LogP contribution in [0.15, 0.2) is 67.0 Å². The predicted octanol–water partition coefficient (Wildman–Crippen LogP) is 3.14. The van der Waals surface area contributed by atoms with Crippen LogP contribution in [0, 0.1) is 5.92 Å². The van der Waals surface area contributed by atoms with Crippen molar-refractivity contribution >= 4 is 17.5 Å². The molecule has 0 aliphatic carbocycles. The predicted molar refractivity (Wildman–Crippen MR) is 124 cm³/mol. The Hall–Kier alpha value is -3.58. The minimum Gasteiger partial charge on any atom is -0.369 e. The lowest BCUT2D eigenvalue weighted by Crippen LogP contribution is -2.39. The number of hydrogen-bond donors (Lipinski definition) is 2. The Morgan fingerprint density at radius 2 is 1.62 bits per heavy atom. The zero-order valence-corrected chi connectivity index (χ0v) is 17.9. The van der Waals surface area contributed by atoms with Crippen LogP contribution in [0.5, 0.6) is 0 Å². The smallest absolute Gasteiger partial charge is 0.258 e. The molecule has 2 amide bonds. The lowest BCUT2D eigenvalue weighted by molar-refractivity contribution is -0.123. The number of carbonyl (C=O) groups excluding carboxylic acids is 2. The first-order chi connectivity index (χ1) is 15.6. The van der Waals surface area contributed by atoms with Gasteiger partial charge in [0.25, 0.3) is 5.91 Å². The molecular weight excluding hydrogens is 402 g/mol. The minimum atomic E-state index is -0.241. The van der Waals surface area contributed by atoms with E-state index in [9.17, 15) is 9.59 Å². The number of hydrogen-bond acceptors (Lipinski definition) is 5. The van der Waals surface area contributed by atoms with Gasteiger partial charge in [-0.1, -0.05) is 42.5 Å². The van der Waals surface area contributed by atoms with Gasteiger partial charge in [0.15, 0.2) is 5.82 Å². The monoisotopic (exact) mass is 429 g/mol. The summed E-state index contributed by atoms with van der Waals surface area (Å²) in [5.74, 6) is 0.190. The molecule has 0 radical (unpaired) electrons. The van der Waals surface area contributed by atoms with E-state index in [1.165, 1.54) is 5.56 Å². The number of piperidine rings is 1. The lowest BCUT2D eigenvalue weighted by atomic mass is 9.96. The van der Waals surface area contributed by atoms with Crippen molar-refractivity contribution in [2.75, 3.05) is 25.0 Å². The van der Waals surface area contributed by atoms with Crippen LogP contribution in [0.1, 0.15) is 28.8 Å². The van der Waals surface area contributed by atoms with Crippen LogP contribution in [-0.4, -0.2) is 46.3 Å². The third-order valence-electron chi connectivity index (χ3n) is 5.86. The van der Waals surface area contributed by atoms with Crippen LogP contribution in [0.3, 0.4) is 0 Å². The van der Waals surface area contributed by atoms with Crippen molar-refractivity contribution < 1.29 is 9.59 Å². The summed E-state index contributed by atoms with van der Waals surface area (Å²) in [6.45, 7) is 2.77. The molecule has 2 heterocycles. The second-order valence-electron chi connectivity index (χ2n) is 8.08. The van der Waals surface area contributed by atoms with Crippen molar-refractivity contribution in [1.29, 1.82) is 0 Å². The number of likely N-dealkylation sites (tertiary alicyclic amines) is 1. The first kappa shape index (κ1) is 21.6. The van der Waals surface area contributed by atoms with Crippen molar-refractivity contribution in [3.05, 3.63) is 78.1 Å². The van der Waals surface area contributed by atoms with E-state index in [0.29, 0.717) is 11.4 Å². The molecular formula is C25H27N5O2. The summed E-state index contributed by atoms with van der Waals surface area (Å²) in [6.07, 6.45) is 5.69. The summed E-state index contributed by atoms with van der Waals surface area (Å²) < 4.78 is 0. The highest BCUT2D eigenvalue weighted by atomic mass is 16.2. The summed E-state index contributed by atoms with van der Waals surface area (Å²) in [5, 5.41) is 2.89. The highest BCUT2D eigenvalue weighted by molar-refractivity contribution is 6.03. The molecule has 3 aromatic rings. The normalized spacial score (nSPS) is 14.8. The minimum absolute atomic E-state index is 0.0223. The zero-order valence-electron chi connectivity index (χ0n) is 17.9. The van der Waals surface area contributed by atoms with Crippen LogP contribution < -0.4 is 11.1 Å². The van der Waals surface area contributed by atoms with E-state index >= 15 is 0 Å². The van der Waals surface area contributed by atoms with E-state index in [0.717, 1.165) is 50.1 Å². The quantitative estimate of drug-likeness (QED) is 0.601. The van der Waals surface area contributed by atoms with E-state index in [4.69, 9.17) is 5.73 Å². The SMILES string of the molecule is NC(=O)C1CCN(CCc2ccc(NC(=O)c3cnc(-c4ccccc4)nc3)cc2)CC1. The standard InChI is InChI=1S/C25H27N5O2/c26-23(31)19-11-14-30(15-12-19)13-10-18-6-8-22(9-7-18)29-25(32)21-16-27-24(28-17-21)20-4-2-1-3-5-20/h1-9,16-17,19H,10-15H2,(H2,26,31)(H,29,32). The van der Waals surface area contributed by atoms with Crippen LogP contribution in [0.4, 0.5) is 5.69 Å². The van der Waals surface area contributed by atoms with Gasteiger partial charge in [0, 0.05) is 36.1 Å². The third kappa shape index (κ3) is 5.56. The molecule has 32 heavy (non-hydrogen) atoms. The fraction of sp³-hybridized carbons (Fsp3) is 0.280. The van der Waals surface area contributed by atoms with E-state index in [2.05, 4.69) is 20.2 Å². The number of aromatic nitrogens is 2. The molecule has 1 aromatic heterocycles. The maximum absolute atomic E-state index is 12.5. The first-order valence-corrected chi connectivity index (χ1v) is 10.9. The number of nitrogens with one attached hydrogen (secondary N) is 1. The fourth-order valence-corrected chi connectivity index (χ4v) is 3.87. The number of nitrogens with two attached hydrogens (primary N) is 1. The Bertz CT molecular complexity index is 1040. The van der Waals surface area contributed by atoms with Gasteiger partial charge in [-0.2, -0.15) is 0 Å². The Morgan fingerprint density at radius 1 is 0.969 bits per heavy atom. The second-order valence-corrected chi connectivity index (χ2v) is 8.08. The fourth-order valence-electron chi connectivity index (χ4n) is 3.87. The molecule has 1 fully saturated rings. The van der Waals surface area contributed by atoms with Gasteiger partial charge in [0.2, 0.25) is 5.91 Å². The third-order valence-corrected chi connectivity index (χ3v) is 5.86. The molecule has 0 unspecified atom stereocenters. The van der Waals surface area contributed by atoms with Gasteiger partial charge in [0.05, 0.1) is 5.56 Å². The molecule has 0 saturated carbocycles. The highest BCUT2D eigenvalue weighted by Crippen LogP contribution is 2.18. The first-order valence-electron chi connectivity index (χ1n) is 10.9. The molecule has 0 spiro atoms. The van der Waals surface area contributed by atoms with Gasteiger partial charge in [-0.3, -0.25) is 9.59 Å². The average molecular weight is 430 g/mol. The van der Waals surface area contributed by atoms with Gasteiger partial charge in [-0.25, -0.2) is 9.97 Å². The Kier molecular flexibility index (Phi) is 6.87. The van der Waals surface area contributed by atoms with E-state index in [1.807, 2.05) is 54.6 Å². The van der Waals surface area contributed by atoms with Gasteiger partial charge in [-0.05, 0) is 50.0 Å². The number of anilines is 1. The van der Waals surface area contributed by atoms with Gasteiger partial charge >= 0.3 is 0 Å².